The maximum atomic E-state index is 12.3. The lowest BCUT2D eigenvalue weighted by atomic mass is 10.0. The summed E-state index contributed by atoms with van der Waals surface area (Å²) in [6.45, 7) is 6.42. The van der Waals surface area contributed by atoms with E-state index in [1.807, 2.05) is 37.1 Å². The van der Waals surface area contributed by atoms with Crippen LogP contribution in [0.2, 0.25) is 0 Å². The van der Waals surface area contributed by atoms with Gasteiger partial charge in [0.05, 0.1) is 23.8 Å². The number of carbonyl (C=O) groups excluding carboxylic acids is 2. The number of primary amides is 1. The second-order valence-electron chi connectivity index (χ2n) is 9.75. The summed E-state index contributed by atoms with van der Waals surface area (Å²) in [5, 5.41) is 7.12. The Hall–Kier alpha value is -3.54. The summed E-state index contributed by atoms with van der Waals surface area (Å²) in [7, 11) is 0. The van der Waals surface area contributed by atoms with Crippen molar-refractivity contribution in [1.29, 1.82) is 0 Å². The maximum absolute atomic E-state index is 12.3. The molecule has 0 spiro atoms. The molecule has 1 aliphatic carbocycles. The molecule has 2 aliphatic rings. The molecule has 3 N–H and O–H groups in total. The number of piperidine rings is 1. The largest absolute Gasteiger partial charge is 0.490 e. The lowest BCUT2D eigenvalue weighted by Crippen LogP contribution is -2.48. The molecule has 0 bridgehead atoms. The van der Waals surface area contributed by atoms with Gasteiger partial charge in [0, 0.05) is 48.8 Å². The first kappa shape index (κ1) is 29.0. The minimum absolute atomic E-state index is 0.0665. The number of carbonyl (C=O) groups is 3. The monoisotopic (exact) mass is 535 g/mol. The summed E-state index contributed by atoms with van der Waals surface area (Å²) >= 11 is 0. The van der Waals surface area contributed by atoms with Crippen LogP contribution in [0, 0.1) is 5.92 Å². The molecule has 0 atom stereocenters. The van der Waals surface area contributed by atoms with E-state index in [-0.39, 0.29) is 11.8 Å². The quantitative estimate of drug-likeness (QED) is 0.555. The summed E-state index contributed by atoms with van der Waals surface area (Å²) in [4.78, 5) is 46.3. The lowest BCUT2D eigenvalue weighted by Gasteiger charge is -2.39. The van der Waals surface area contributed by atoms with E-state index in [1.54, 1.807) is 18.3 Å². The third kappa shape index (κ3) is 7.98. The Morgan fingerprint density at radius 2 is 1.58 bits per heavy atom. The molecule has 0 unspecified atom stereocenters. The van der Waals surface area contributed by atoms with Crippen LogP contribution in [-0.4, -0.2) is 74.0 Å². The van der Waals surface area contributed by atoms with Gasteiger partial charge < -0.3 is 15.7 Å². The minimum Gasteiger partial charge on any atom is -0.475 e. The first-order valence-electron chi connectivity index (χ1n) is 12.4. The zero-order valence-electron chi connectivity index (χ0n) is 21.3. The standard InChI is InChI=1S/C24H31N5O2.C2HF3O2/c1-16(2)24(31)28-11-9-21(10-12-28)29(20-7-8-20)15-19-13-27-22(14-26-19)17-3-5-18(6-4-17)23(25)30;3-2(4,5)1(6)7/h3-6,13-14,16,20-21H,7-12,15H2,1-2H3,(H2,25,30);(H,6,7). The Balaban J connectivity index is 0.000000505. The first-order chi connectivity index (χ1) is 17.9. The predicted molar refractivity (Wildman–Crippen MR) is 133 cm³/mol. The first-order valence-corrected chi connectivity index (χ1v) is 12.4. The summed E-state index contributed by atoms with van der Waals surface area (Å²) in [6, 6.07) is 8.21. The van der Waals surface area contributed by atoms with Gasteiger partial charge in [0.1, 0.15) is 0 Å². The molecule has 1 saturated carbocycles. The number of amides is 2. The number of carboxylic acids is 1. The molecule has 12 heteroatoms. The number of carboxylic acid groups (broad SMARTS) is 1. The van der Waals surface area contributed by atoms with Crippen molar-refractivity contribution in [3.05, 3.63) is 47.9 Å². The van der Waals surface area contributed by atoms with Gasteiger partial charge in [-0.25, -0.2) is 4.79 Å². The van der Waals surface area contributed by atoms with Crippen LogP contribution in [-0.2, 0) is 16.1 Å². The topological polar surface area (TPSA) is 130 Å². The summed E-state index contributed by atoms with van der Waals surface area (Å²) in [6.07, 6.45) is 3.08. The van der Waals surface area contributed by atoms with Gasteiger partial charge in [-0.05, 0) is 37.8 Å². The van der Waals surface area contributed by atoms with Crippen LogP contribution in [0.3, 0.4) is 0 Å². The van der Waals surface area contributed by atoms with E-state index in [0.29, 0.717) is 17.6 Å². The number of likely N-dealkylation sites (tertiary alicyclic amines) is 1. The number of nitrogens with two attached hydrogens (primary N) is 1. The van der Waals surface area contributed by atoms with Crippen LogP contribution in [0.4, 0.5) is 13.2 Å². The van der Waals surface area contributed by atoms with Crippen molar-refractivity contribution in [3.63, 3.8) is 0 Å². The second kappa shape index (κ2) is 12.3. The van der Waals surface area contributed by atoms with E-state index in [0.717, 1.165) is 49.4 Å². The van der Waals surface area contributed by atoms with Crippen molar-refractivity contribution in [2.24, 2.45) is 11.7 Å². The third-order valence-corrected chi connectivity index (χ3v) is 6.51. The predicted octanol–water partition coefficient (Wildman–Crippen LogP) is 3.49. The Labute approximate surface area is 218 Å². The summed E-state index contributed by atoms with van der Waals surface area (Å²) in [5.74, 6) is -2.86. The van der Waals surface area contributed by atoms with E-state index in [9.17, 15) is 22.8 Å². The average Bonchev–Trinajstić information content (AvgIpc) is 3.72. The van der Waals surface area contributed by atoms with E-state index in [4.69, 9.17) is 15.6 Å². The van der Waals surface area contributed by atoms with Crippen molar-refractivity contribution in [2.45, 2.75) is 64.3 Å². The van der Waals surface area contributed by atoms with Crippen LogP contribution in [0.1, 0.15) is 55.6 Å². The highest BCUT2D eigenvalue weighted by atomic mass is 19.4. The van der Waals surface area contributed by atoms with Crippen molar-refractivity contribution in [3.8, 4) is 11.3 Å². The molecule has 0 radical (unpaired) electrons. The highest BCUT2D eigenvalue weighted by Gasteiger charge is 2.38. The molecule has 1 saturated heterocycles. The van der Waals surface area contributed by atoms with Crippen molar-refractivity contribution >= 4 is 17.8 Å². The fraction of sp³-hybridized carbons (Fsp3) is 0.500. The van der Waals surface area contributed by atoms with Gasteiger partial charge in [-0.15, -0.1) is 0 Å². The van der Waals surface area contributed by atoms with Gasteiger partial charge in [-0.3, -0.25) is 24.5 Å². The van der Waals surface area contributed by atoms with Crippen LogP contribution < -0.4 is 5.73 Å². The Kier molecular flexibility index (Phi) is 9.42. The Morgan fingerprint density at radius 1 is 1.03 bits per heavy atom. The number of benzene rings is 1. The van der Waals surface area contributed by atoms with E-state index in [1.165, 1.54) is 12.8 Å². The second-order valence-corrected chi connectivity index (χ2v) is 9.75. The van der Waals surface area contributed by atoms with Gasteiger partial charge in [0.15, 0.2) is 0 Å². The van der Waals surface area contributed by atoms with Crippen molar-refractivity contribution < 1.29 is 32.7 Å². The molecular formula is C26H32F3N5O4. The number of halogens is 3. The maximum Gasteiger partial charge on any atom is 0.490 e. The number of hydrogen-bond donors (Lipinski definition) is 2. The summed E-state index contributed by atoms with van der Waals surface area (Å²) < 4.78 is 31.7. The van der Waals surface area contributed by atoms with Crippen LogP contribution in [0.25, 0.3) is 11.3 Å². The molecule has 1 aromatic heterocycles. The molecule has 4 rings (SSSR count). The lowest BCUT2D eigenvalue weighted by molar-refractivity contribution is -0.192. The molecule has 2 aromatic rings. The molecule has 1 aliphatic heterocycles. The number of nitrogens with zero attached hydrogens (tertiary/aromatic N) is 4. The molecule has 2 heterocycles. The van der Waals surface area contributed by atoms with Gasteiger partial charge in [-0.2, -0.15) is 13.2 Å². The fourth-order valence-electron chi connectivity index (χ4n) is 4.32. The van der Waals surface area contributed by atoms with Gasteiger partial charge in [-0.1, -0.05) is 26.0 Å². The number of rotatable bonds is 7. The Bertz CT molecular complexity index is 1110. The zero-order valence-corrected chi connectivity index (χ0v) is 21.3. The number of hydrogen-bond acceptors (Lipinski definition) is 6. The molecular weight excluding hydrogens is 503 g/mol. The number of alkyl halides is 3. The highest BCUT2D eigenvalue weighted by molar-refractivity contribution is 5.93. The van der Waals surface area contributed by atoms with E-state index in [2.05, 4.69) is 14.9 Å². The van der Waals surface area contributed by atoms with Gasteiger partial charge in [0.2, 0.25) is 11.8 Å². The Morgan fingerprint density at radius 3 is 2.00 bits per heavy atom. The molecule has 38 heavy (non-hydrogen) atoms. The minimum atomic E-state index is -5.08. The van der Waals surface area contributed by atoms with Crippen molar-refractivity contribution in [2.75, 3.05) is 13.1 Å². The summed E-state index contributed by atoms with van der Waals surface area (Å²) in [5.41, 5.74) is 8.43. The fourth-order valence-corrected chi connectivity index (χ4v) is 4.32. The van der Waals surface area contributed by atoms with Gasteiger partial charge in [0.25, 0.3) is 0 Å². The average molecular weight is 536 g/mol. The van der Waals surface area contributed by atoms with Gasteiger partial charge >= 0.3 is 12.1 Å². The normalized spacial score (nSPS) is 16.2. The third-order valence-electron chi connectivity index (χ3n) is 6.51. The molecule has 2 fully saturated rings. The zero-order chi connectivity index (χ0) is 28.0. The van der Waals surface area contributed by atoms with E-state index < -0.39 is 18.1 Å². The van der Waals surface area contributed by atoms with Crippen LogP contribution in [0.5, 0.6) is 0 Å². The van der Waals surface area contributed by atoms with Crippen molar-refractivity contribution in [1.82, 2.24) is 19.8 Å². The molecule has 206 valence electrons. The van der Waals surface area contributed by atoms with E-state index >= 15 is 0 Å². The molecule has 2 amide bonds. The number of aromatic nitrogens is 2. The smallest absolute Gasteiger partial charge is 0.475 e. The van der Waals surface area contributed by atoms with Crippen LogP contribution >= 0.6 is 0 Å². The highest BCUT2D eigenvalue weighted by Crippen LogP contribution is 2.33. The number of aliphatic carboxylic acids is 1. The molecule has 9 nitrogen and oxygen atoms in total. The molecule has 1 aromatic carbocycles. The SMILES string of the molecule is CC(C)C(=O)N1CCC(N(Cc2cnc(-c3ccc(C(N)=O)cc3)cn2)C2CC2)CC1.O=C(O)C(F)(F)F. The van der Waals surface area contributed by atoms with Crippen LogP contribution in [0.15, 0.2) is 36.7 Å².